The highest BCUT2D eigenvalue weighted by molar-refractivity contribution is 6.07. The second-order valence-corrected chi connectivity index (χ2v) is 5.82. The minimum Gasteiger partial charge on any atom is -0.351 e. The van der Waals surface area contributed by atoms with E-state index >= 15 is 0 Å². The Morgan fingerprint density at radius 3 is 2.31 bits per heavy atom. The Morgan fingerprint density at radius 1 is 0.769 bits per heavy atom. The first-order valence-electron chi connectivity index (χ1n) is 8.51. The van der Waals surface area contributed by atoms with Gasteiger partial charge in [0.15, 0.2) is 0 Å². The number of carbonyl (C=O) groups is 2. The highest BCUT2D eigenvalue weighted by Crippen LogP contribution is 2.18. The van der Waals surface area contributed by atoms with Crippen LogP contribution in [0, 0.1) is 0 Å². The third-order valence-corrected chi connectivity index (χ3v) is 3.97. The molecular formula is C22H20N2O2. The fourth-order valence-electron chi connectivity index (χ4n) is 2.68. The van der Waals surface area contributed by atoms with E-state index in [4.69, 9.17) is 0 Å². The molecule has 0 aliphatic rings. The van der Waals surface area contributed by atoms with Crippen molar-refractivity contribution < 1.29 is 9.59 Å². The molecule has 2 N–H and O–H groups in total. The normalized spacial score (nSPS) is 10.8. The van der Waals surface area contributed by atoms with Crippen molar-refractivity contribution in [2.24, 2.45) is 0 Å². The van der Waals surface area contributed by atoms with E-state index in [1.807, 2.05) is 66.7 Å². The van der Waals surface area contributed by atoms with E-state index < -0.39 is 0 Å². The first kappa shape index (κ1) is 17.4. The molecule has 3 aromatic rings. The van der Waals surface area contributed by atoms with Gasteiger partial charge in [-0.25, -0.2) is 0 Å². The van der Waals surface area contributed by atoms with Crippen LogP contribution in [0.4, 0.5) is 0 Å². The van der Waals surface area contributed by atoms with E-state index in [1.54, 1.807) is 12.1 Å². The summed E-state index contributed by atoms with van der Waals surface area (Å²) in [7, 11) is 0. The van der Waals surface area contributed by atoms with Gasteiger partial charge in [-0.2, -0.15) is 0 Å². The summed E-state index contributed by atoms with van der Waals surface area (Å²) < 4.78 is 0. The first-order valence-corrected chi connectivity index (χ1v) is 8.51. The van der Waals surface area contributed by atoms with E-state index in [1.165, 1.54) is 6.08 Å². The summed E-state index contributed by atoms with van der Waals surface area (Å²) in [6.07, 6.45) is 3.24. The van der Waals surface area contributed by atoms with E-state index in [-0.39, 0.29) is 11.8 Å². The number of fused-ring (bicyclic) bond motifs is 1. The Morgan fingerprint density at radius 2 is 1.46 bits per heavy atom. The smallest absolute Gasteiger partial charge is 0.251 e. The van der Waals surface area contributed by atoms with Crippen molar-refractivity contribution in [3.63, 3.8) is 0 Å². The maximum absolute atomic E-state index is 12.4. The minimum atomic E-state index is -0.187. The molecule has 3 aromatic carbocycles. The van der Waals surface area contributed by atoms with Crippen LogP contribution in [0.3, 0.4) is 0 Å². The molecule has 4 nitrogen and oxygen atoms in total. The number of carbonyl (C=O) groups excluding carboxylic acids is 2. The number of rotatable bonds is 6. The van der Waals surface area contributed by atoms with Gasteiger partial charge in [0, 0.05) is 24.7 Å². The summed E-state index contributed by atoms with van der Waals surface area (Å²) in [6, 6.07) is 23.0. The van der Waals surface area contributed by atoms with E-state index in [9.17, 15) is 9.59 Å². The zero-order chi connectivity index (χ0) is 18.2. The summed E-state index contributed by atoms with van der Waals surface area (Å²) in [5.74, 6) is -0.330. The Bertz CT molecular complexity index is 928. The van der Waals surface area contributed by atoms with Crippen LogP contribution in [-0.2, 0) is 4.79 Å². The van der Waals surface area contributed by atoms with Crippen molar-refractivity contribution >= 4 is 28.7 Å². The molecule has 4 heteroatoms. The summed E-state index contributed by atoms with van der Waals surface area (Å²) in [5, 5.41) is 7.55. The maximum Gasteiger partial charge on any atom is 0.251 e. The number of nitrogens with one attached hydrogen (secondary N) is 2. The van der Waals surface area contributed by atoms with Crippen LogP contribution in [0.15, 0.2) is 78.9 Å². The minimum absolute atomic E-state index is 0.143. The van der Waals surface area contributed by atoms with Gasteiger partial charge in [0.25, 0.3) is 5.91 Å². The summed E-state index contributed by atoms with van der Waals surface area (Å²) in [5.41, 5.74) is 1.60. The average Bonchev–Trinajstić information content (AvgIpc) is 2.70. The van der Waals surface area contributed by atoms with Gasteiger partial charge in [-0.3, -0.25) is 9.59 Å². The van der Waals surface area contributed by atoms with Crippen molar-refractivity contribution in [2.75, 3.05) is 13.1 Å². The maximum atomic E-state index is 12.4. The highest BCUT2D eigenvalue weighted by atomic mass is 16.2. The molecule has 0 radical (unpaired) electrons. The Labute approximate surface area is 152 Å². The predicted molar refractivity (Wildman–Crippen MR) is 105 cm³/mol. The summed E-state index contributed by atoms with van der Waals surface area (Å²) in [6.45, 7) is 0.738. The van der Waals surface area contributed by atoms with Gasteiger partial charge in [0.05, 0.1) is 0 Å². The Balaban J connectivity index is 1.48. The average molecular weight is 344 g/mol. The Hall–Kier alpha value is -3.40. The van der Waals surface area contributed by atoms with E-state index in [2.05, 4.69) is 10.6 Å². The molecular weight excluding hydrogens is 324 g/mol. The molecule has 26 heavy (non-hydrogen) atoms. The summed E-state index contributed by atoms with van der Waals surface area (Å²) in [4.78, 5) is 24.2. The topological polar surface area (TPSA) is 58.2 Å². The molecule has 3 rings (SSSR count). The Kier molecular flexibility index (Phi) is 5.78. The first-order chi connectivity index (χ1) is 12.7. The number of benzene rings is 3. The van der Waals surface area contributed by atoms with Gasteiger partial charge in [0.2, 0.25) is 5.91 Å². The standard InChI is InChI=1S/C22H20N2O2/c25-21(14-13-17-7-2-1-3-8-17)23-15-16-24-22(26)20-12-6-10-18-9-4-5-11-19(18)20/h1-14H,15-16H2,(H,23,25)(H,24,26)/b14-13+. The zero-order valence-electron chi connectivity index (χ0n) is 14.3. The molecule has 0 aliphatic heterocycles. The molecule has 0 saturated carbocycles. The lowest BCUT2D eigenvalue weighted by Crippen LogP contribution is -2.34. The molecule has 0 saturated heterocycles. The van der Waals surface area contributed by atoms with Gasteiger partial charge in [0.1, 0.15) is 0 Å². The van der Waals surface area contributed by atoms with Crippen molar-refractivity contribution in [2.45, 2.75) is 0 Å². The van der Waals surface area contributed by atoms with Gasteiger partial charge in [-0.15, -0.1) is 0 Å². The SMILES string of the molecule is O=C(/C=C/c1ccccc1)NCCNC(=O)c1cccc2ccccc12. The van der Waals surface area contributed by atoms with Crippen molar-refractivity contribution in [3.8, 4) is 0 Å². The lowest BCUT2D eigenvalue weighted by atomic mass is 10.0. The third-order valence-electron chi connectivity index (χ3n) is 3.97. The van der Waals surface area contributed by atoms with Gasteiger partial charge >= 0.3 is 0 Å². The second kappa shape index (κ2) is 8.62. The van der Waals surface area contributed by atoms with Crippen molar-refractivity contribution in [1.29, 1.82) is 0 Å². The summed E-state index contributed by atoms with van der Waals surface area (Å²) >= 11 is 0. The fraction of sp³-hybridized carbons (Fsp3) is 0.0909. The number of amides is 2. The lowest BCUT2D eigenvalue weighted by Gasteiger charge is -2.08. The monoisotopic (exact) mass is 344 g/mol. The number of hydrogen-bond donors (Lipinski definition) is 2. The molecule has 0 aromatic heterocycles. The quantitative estimate of drug-likeness (QED) is 0.532. The number of hydrogen-bond acceptors (Lipinski definition) is 2. The van der Waals surface area contributed by atoms with E-state index in [0.717, 1.165) is 16.3 Å². The van der Waals surface area contributed by atoms with E-state index in [0.29, 0.717) is 18.7 Å². The van der Waals surface area contributed by atoms with Crippen LogP contribution in [-0.4, -0.2) is 24.9 Å². The lowest BCUT2D eigenvalue weighted by molar-refractivity contribution is -0.116. The molecule has 0 fully saturated rings. The van der Waals surface area contributed by atoms with Crippen LogP contribution in [0.1, 0.15) is 15.9 Å². The van der Waals surface area contributed by atoms with Gasteiger partial charge in [-0.05, 0) is 28.5 Å². The molecule has 0 aliphatic carbocycles. The molecule has 0 atom stereocenters. The van der Waals surface area contributed by atoms with Crippen LogP contribution < -0.4 is 10.6 Å². The molecule has 130 valence electrons. The fourth-order valence-corrected chi connectivity index (χ4v) is 2.68. The highest BCUT2D eigenvalue weighted by Gasteiger charge is 2.08. The second-order valence-electron chi connectivity index (χ2n) is 5.82. The largest absolute Gasteiger partial charge is 0.351 e. The van der Waals surface area contributed by atoms with Crippen molar-refractivity contribution in [1.82, 2.24) is 10.6 Å². The van der Waals surface area contributed by atoms with Crippen molar-refractivity contribution in [3.05, 3.63) is 90.0 Å². The van der Waals surface area contributed by atoms with Crippen LogP contribution >= 0.6 is 0 Å². The molecule has 0 bridgehead atoms. The molecule has 2 amide bonds. The predicted octanol–water partition coefficient (Wildman–Crippen LogP) is 3.40. The van der Waals surface area contributed by atoms with Crippen LogP contribution in [0.25, 0.3) is 16.8 Å². The van der Waals surface area contributed by atoms with Gasteiger partial charge < -0.3 is 10.6 Å². The van der Waals surface area contributed by atoms with Crippen LogP contribution in [0.5, 0.6) is 0 Å². The van der Waals surface area contributed by atoms with Gasteiger partial charge in [-0.1, -0.05) is 66.7 Å². The zero-order valence-corrected chi connectivity index (χ0v) is 14.3. The molecule has 0 spiro atoms. The molecule has 0 unspecified atom stereocenters. The third kappa shape index (κ3) is 4.57. The molecule has 0 heterocycles. The van der Waals surface area contributed by atoms with Crippen LogP contribution in [0.2, 0.25) is 0 Å².